The van der Waals surface area contributed by atoms with Crippen LogP contribution in [0.1, 0.15) is 23.6 Å². The molecule has 10 heteroatoms. The van der Waals surface area contributed by atoms with Gasteiger partial charge in [-0.25, -0.2) is 0 Å². The van der Waals surface area contributed by atoms with Crippen LogP contribution < -0.4 is 4.90 Å². The molecular weight excluding hydrogens is 502 g/mol. The molecule has 0 saturated carbocycles. The van der Waals surface area contributed by atoms with E-state index in [-0.39, 0.29) is 9.79 Å². The summed E-state index contributed by atoms with van der Waals surface area (Å²) < 4.78 is 64.2. The summed E-state index contributed by atoms with van der Waals surface area (Å²) in [6.07, 6.45) is 0. The molecule has 0 aliphatic heterocycles. The predicted molar refractivity (Wildman–Crippen MR) is 143 cm³/mol. The van der Waals surface area contributed by atoms with Crippen molar-refractivity contribution in [1.29, 1.82) is 0 Å². The monoisotopic (exact) mass is 537 g/mol. The number of methoxy groups -OCH3 is 1. The lowest BCUT2D eigenvalue weighted by molar-refractivity contribution is 0.205. The minimum absolute atomic E-state index is 0.0666. The van der Waals surface area contributed by atoms with E-state index in [2.05, 4.69) is 43.0 Å². The lowest BCUT2D eigenvalue weighted by Crippen LogP contribution is -2.27. The summed E-state index contributed by atoms with van der Waals surface area (Å²) in [6.45, 7) is 10.8. The fourth-order valence-corrected chi connectivity index (χ4v) is 3.95. The number of hydrogen-bond acceptors (Lipinski definition) is 6. The zero-order valence-electron chi connectivity index (χ0n) is 21.2. The van der Waals surface area contributed by atoms with Gasteiger partial charge in [-0.1, -0.05) is 53.6 Å². The molecule has 0 aromatic heterocycles. The van der Waals surface area contributed by atoms with Crippen molar-refractivity contribution in [3.63, 3.8) is 0 Å². The Balaban J connectivity index is 0.000000273. The van der Waals surface area contributed by atoms with Gasteiger partial charge < -0.3 is 9.64 Å². The Labute approximate surface area is 215 Å². The van der Waals surface area contributed by atoms with Crippen molar-refractivity contribution in [2.75, 3.05) is 31.7 Å². The minimum Gasteiger partial charge on any atom is -0.383 e. The van der Waals surface area contributed by atoms with E-state index in [1.165, 1.54) is 35.5 Å². The van der Waals surface area contributed by atoms with Crippen molar-refractivity contribution in [1.82, 2.24) is 0 Å². The second kappa shape index (κ2) is 14.7. The zero-order valence-corrected chi connectivity index (χ0v) is 22.9. The molecular formula is C26H35NO7S2. The van der Waals surface area contributed by atoms with Gasteiger partial charge in [0.1, 0.15) is 0 Å². The van der Waals surface area contributed by atoms with Crippen molar-refractivity contribution >= 4 is 25.9 Å². The highest BCUT2D eigenvalue weighted by molar-refractivity contribution is 7.86. The summed E-state index contributed by atoms with van der Waals surface area (Å²) in [6, 6.07) is 20.4. The van der Waals surface area contributed by atoms with E-state index in [0.717, 1.165) is 30.8 Å². The zero-order chi connectivity index (χ0) is 27.4. The molecule has 0 saturated heterocycles. The number of hydrogen-bond donors (Lipinski definition) is 2. The Kier molecular flexibility index (Phi) is 12.8. The van der Waals surface area contributed by atoms with Crippen molar-refractivity contribution in [3.8, 4) is 0 Å². The number of likely N-dealkylation sites (N-methyl/N-ethyl adjacent to an activating group) is 1. The fraction of sp³-hybridized carbons (Fsp3) is 0.308. The molecule has 198 valence electrons. The first-order valence-corrected chi connectivity index (χ1v) is 14.1. The number of benzene rings is 3. The van der Waals surface area contributed by atoms with E-state index in [9.17, 15) is 16.8 Å². The van der Waals surface area contributed by atoms with Crippen LogP contribution in [0.25, 0.3) is 0 Å². The normalized spacial score (nSPS) is 11.0. The van der Waals surface area contributed by atoms with Gasteiger partial charge in [0.25, 0.3) is 20.2 Å². The lowest BCUT2D eigenvalue weighted by Gasteiger charge is -2.24. The molecule has 36 heavy (non-hydrogen) atoms. The lowest BCUT2D eigenvalue weighted by atomic mass is 10.2. The number of ether oxygens (including phenoxy) is 1. The molecule has 0 aliphatic carbocycles. The molecule has 0 spiro atoms. The summed E-state index contributed by atoms with van der Waals surface area (Å²) in [7, 11) is -6.30. The molecule has 0 fully saturated rings. The van der Waals surface area contributed by atoms with Crippen LogP contribution >= 0.6 is 0 Å². The van der Waals surface area contributed by atoms with Gasteiger partial charge in [0.05, 0.1) is 16.4 Å². The van der Waals surface area contributed by atoms with Crippen molar-refractivity contribution in [2.45, 2.75) is 37.5 Å². The van der Waals surface area contributed by atoms with Crippen LogP contribution in [0.3, 0.4) is 0 Å². The van der Waals surface area contributed by atoms with Crippen LogP contribution in [0.2, 0.25) is 0 Å². The molecule has 3 rings (SSSR count). The minimum atomic E-state index is -4.02. The van der Waals surface area contributed by atoms with E-state index in [1.807, 2.05) is 13.8 Å². The first-order chi connectivity index (χ1) is 16.8. The molecule has 3 aromatic rings. The molecule has 0 amide bonds. The number of rotatable bonds is 7. The van der Waals surface area contributed by atoms with E-state index in [1.54, 1.807) is 31.4 Å². The molecule has 0 aliphatic rings. The van der Waals surface area contributed by atoms with Crippen molar-refractivity contribution in [2.24, 2.45) is 0 Å². The number of nitrogens with zero attached hydrogens (tertiary/aromatic N) is 1. The average molecular weight is 538 g/mol. The summed E-state index contributed by atoms with van der Waals surface area (Å²) >= 11 is 0. The van der Waals surface area contributed by atoms with Crippen LogP contribution in [0.4, 0.5) is 5.69 Å². The molecule has 3 aromatic carbocycles. The van der Waals surface area contributed by atoms with Gasteiger partial charge in [-0.15, -0.1) is 0 Å². The maximum absolute atomic E-state index is 10.5. The summed E-state index contributed by atoms with van der Waals surface area (Å²) in [5.41, 5.74) is 4.55. The van der Waals surface area contributed by atoms with Crippen molar-refractivity contribution in [3.05, 3.63) is 89.5 Å². The highest BCUT2D eigenvalue weighted by Gasteiger charge is 2.08. The van der Waals surface area contributed by atoms with E-state index >= 15 is 0 Å². The van der Waals surface area contributed by atoms with Gasteiger partial charge in [0, 0.05) is 25.9 Å². The van der Waals surface area contributed by atoms with Gasteiger partial charge in [-0.3, -0.25) is 9.11 Å². The first kappa shape index (κ1) is 31.3. The maximum atomic E-state index is 10.5. The predicted octanol–water partition coefficient (Wildman–Crippen LogP) is 4.95. The van der Waals surface area contributed by atoms with Crippen LogP contribution in [-0.4, -0.2) is 52.7 Å². The third-order valence-electron chi connectivity index (χ3n) is 5.04. The molecule has 0 bridgehead atoms. The second-order valence-electron chi connectivity index (χ2n) is 7.94. The Bertz CT molecular complexity index is 1200. The smallest absolute Gasteiger partial charge is 0.294 e. The maximum Gasteiger partial charge on any atom is 0.294 e. The van der Waals surface area contributed by atoms with E-state index in [0.29, 0.717) is 0 Å². The second-order valence-corrected chi connectivity index (χ2v) is 10.8. The van der Waals surface area contributed by atoms with E-state index in [4.69, 9.17) is 13.8 Å². The summed E-state index contributed by atoms with van der Waals surface area (Å²) in [5.74, 6) is 0. The number of anilines is 1. The first-order valence-electron chi connectivity index (χ1n) is 11.2. The van der Waals surface area contributed by atoms with Crippen molar-refractivity contribution < 1.29 is 30.7 Å². The molecule has 0 atom stereocenters. The van der Waals surface area contributed by atoms with Crippen LogP contribution in [0.5, 0.6) is 0 Å². The Hall–Kier alpha value is -2.76. The quantitative estimate of drug-likeness (QED) is 0.406. The molecule has 2 N–H and O–H groups in total. The largest absolute Gasteiger partial charge is 0.383 e. The molecule has 0 radical (unpaired) electrons. The SMILES string of the molecule is CCN(CCOC)c1ccccc1C.Cc1ccc(S(=O)(=O)O)cc1.Cc1ccc(S(=O)(=O)O)cc1. The van der Waals surface area contributed by atoms with Crippen LogP contribution in [0, 0.1) is 20.8 Å². The highest BCUT2D eigenvalue weighted by Crippen LogP contribution is 2.18. The van der Waals surface area contributed by atoms with Gasteiger partial charge in [0.2, 0.25) is 0 Å². The Morgan fingerprint density at radius 1 is 0.722 bits per heavy atom. The fourth-order valence-electron chi connectivity index (χ4n) is 2.99. The van der Waals surface area contributed by atoms with Crippen LogP contribution in [-0.2, 0) is 25.0 Å². The van der Waals surface area contributed by atoms with Gasteiger partial charge in [-0.05, 0) is 63.6 Å². The third kappa shape index (κ3) is 11.3. The standard InChI is InChI=1S/C12H19NO.2C7H8O3S/c1-4-13(9-10-14-3)12-8-6-5-7-11(12)2;2*1-6-2-4-7(5-3-6)11(8,9)10/h5-8H,4,9-10H2,1-3H3;2*2-5H,1H3,(H,8,9,10). The topological polar surface area (TPSA) is 121 Å². The van der Waals surface area contributed by atoms with Gasteiger partial charge in [0.15, 0.2) is 0 Å². The van der Waals surface area contributed by atoms with Crippen LogP contribution in [0.15, 0.2) is 82.6 Å². The average Bonchev–Trinajstić information content (AvgIpc) is 2.81. The third-order valence-corrected chi connectivity index (χ3v) is 6.78. The molecule has 0 unspecified atom stereocenters. The molecule has 0 heterocycles. The van der Waals surface area contributed by atoms with E-state index < -0.39 is 20.2 Å². The summed E-state index contributed by atoms with van der Waals surface area (Å²) in [5, 5.41) is 0. The molecule has 8 nitrogen and oxygen atoms in total. The summed E-state index contributed by atoms with van der Waals surface area (Å²) in [4.78, 5) is 2.20. The number of aryl methyl sites for hydroxylation is 3. The Morgan fingerprint density at radius 3 is 1.47 bits per heavy atom. The number of para-hydroxylation sites is 1. The highest BCUT2D eigenvalue weighted by atomic mass is 32.2. The Morgan fingerprint density at radius 2 is 1.14 bits per heavy atom. The van der Waals surface area contributed by atoms with Gasteiger partial charge >= 0.3 is 0 Å². The van der Waals surface area contributed by atoms with Gasteiger partial charge in [-0.2, -0.15) is 16.8 Å².